The quantitative estimate of drug-likeness (QED) is 0.904. The van der Waals surface area contributed by atoms with E-state index < -0.39 is 0 Å². The van der Waals surface area contributed by atoms with Crippen molar-refractivity contribution in [1.82, 2.24) is 10.2 Å². The Balaban J connectivity index is 2.01. The molecule has 0 unspecified atom stereocenters. The fourth-order valence-corrected chi connectivity index (χ4v) is 4.75. The van der Waals surface area contributed by atoms with E-state index >= 15 is 0 Å². The van der Waals surface area contributed by atoms with Gasteiger partial charge < -0.3 is 5.73 Å². The summed E-state index contributed by atoms with van der Waals surface area (Å²) in [4.78, 5) is 2.84. The number of nitrogens with one attached hydrogen (secondary N) is 1. The van der Waals surface area contributed by atoms with E-state index in [0.717, 1.165) is 24.3 Å². The number of aryl methyl sites for hydroxylation is 1. The van der Waals surface area contributed by atoms with Crippen LogP contribution < -0.4 is 5.73 Å². The van der Waals surface area contributed by atoms with Gasteiger partial charge in [0, 0.05) is 16.2 Å². The van der Waals surface area contributed by atoms with Gasteiger partial charge in [-0.15, -0.1) is 11.3 Å². The van der Waals surface area contributed by atoms with Crippen molar-refractivity contribution in [2.45, 2.75) is 31.9 Å². The van der Waals surface area contributed by atoms with E-state index in [1.54, 1.807) is 4.88 Å². The largest absolute Gasteiger partial charge is 0.382 e. The average Bonchev–Trinajstić information content (AvgIpc) is 2.94. The average molecular weight is 279 g/mol. The highest BCUT2D eigenvalue weighted by molar-refractivity contribution is 7.98. The topological polar surface area (TPSA) is 54.7 Å². The third kappa shape index (κ3) is 2.06. The van der Waals surface area contributed by atoms with Crippen LogP contribution in [0.25, 0.3) is 10.6 Å². The first-order valence-electron chi connectivity index (χ1n) is 6.32. The number of hydrogen-bond acceptors (Lipinski definition) is 4. The fraction of sp³-hybridized carbons (Fsp3) is 0.462. The van der Waals surface area contributed by atoms with Gasteiger partial charge in [-0.1, -0.05) is 13.3 Å². The highest BCUT2D eigenvalue weighted by Crippen LogP contribution is 2.38. The summed E-state index contributed by atoms with van der Waals surface area (Å²) in [6, 6.07) is 2.32. The molecule has 0 saturated carbocycles. The Bertz CT molecular complexity index is 533. The van der Waals surface area contributed by atoms with Crippen LogP contribution in [0.5, 0.6) is 0 Å². The van der Waals surface area contributed by atoms with Crippen LogP contribution in [0.15, 0.2) is 6.07 Å². The predicted molar refractivity (Wildman–Crippen MR) is 80.2 cm³/mol. The van der Waals surface area contributed by atoms with Crippen molar-refractivity contribution in [2.24, 2.45) is 0 Å². The number of nitrogens with zero attached hydrogens (tertiary/aromatic N) is 1. The number of nitrogen functional groups attached to an aromatic ring is 1. The predicted octanol–water partition coefficient (Wildman–Crippen LogP) is 3.46. The third-order valence-corrected chi connectivity index (χ3v) is 5.54. The lowest BCUT2D eigenvalue weighted by atomic mass is 10.1. The zero-order chi connectivity index (χ0) is 12.5. The molecular formula is C13H17N3S2. The molecule has 0 amide bonds. The van der Waals surface area contributed by atoms with Crippen LogP contribution in [0, 0.1) is 0 Å². The maximum absolute atomic E-state index is 5.95. The second-order valence-electron chi connectivity index (χ2n) is 4.57. The monoisotopic (exact) mass is 279 g/mol. The molecule has 1 aliphatic rings. The van der Waals surface area contributed by atoms with Gasteiger partial charge in [-0.05, 0) is 30.2 Å². The Kier molecular flexibility index (Phi) is 3.35. The molecule has 1 aliphatic heterocycles. The lowest BCUT2D eigenvalue weighted by Gasteiger charge is -2.08. The first kappa shape index (κ1) is 12.1. The molecule has 0 atom stereocenters. The number of aromatic nitrogens is 2. The summed E-state index contributed by atoms with van der Waals surface area (Å²) in [6.07, 6.45) is 3.30. The van der Waals surface area contributed by atoms with E-state index in [2.05, 4.69) is 23.2 Å². The molecule has 3 heterocycles. The molecular weight excluding hydrogens is 262 g/mol. The highest BCUT2D eigenvalue weighted by Gasteiger charge is 2.18. The number of hydrogen-bond donors (Lipinski definition) is 2. The van der Waals surface area contributed by atoms with Crippen molar-refractivity contribution in [1.29, 1.82) is 0 Å². The molecule has 0 bridgehead atoms. The van der Waals surface area contributed by atoms with Gasteiger partial charge in [0.2, 0.25) is 0 Å². The van der Waals surface area contributed by atoms with Gasteiger partial charge in [0.1, 0.15) is 5.82 Å². The number of thiophene rings is 1. The van der Waals surface area contributed by atoms with Crippen LogP contribution in [0.1, 0.15) is 29.3 Å². The molecule has 0 fully saturated rings. The molecule has 5 heteroatoms. The second-order valence-corrected chi connectivity index (χ2v) is 6.82. The summed E-state index contributed by atoms with van der Waals surface area (Å²) >= 11 is 3.92. The van der Waals surface area contributed by atoms with E-state index in [-0.39, 0.29) is 0 Å². The van der Waals surface area contributed by atoms with Crippen molar-refractivity contribution in [2.75, 3.05) is 11.5 Å². The Hall–Kier alpha value is -0.940. The summed E-state index contributed by atoms with van der Waals surface area (Å²) in [5.41, 5.74) is 9.77. The summed E-state index contributed by atoms with van der Waals surface area (Å²) in [6.45, 7) is 2.17. The number of nitrogens with two attached hydrogens (primary N) is 1. The Labute approximate surface area is 115 Å². The van der Waals surface area contributed by atoms with Crippen molar-refractivity contribution in [3.05, 3.63) is 22.1 Å². The summed E-state index contributed by atoms with van der Waals surface area (Å²) in [5.74, 6) is 3.06. The molecule has 18 heavy (non-hydrogen) atoms. The van der Waals surface area contributed by atoms with Gasteiger partial charge in [0.05, 0.1) is 10.6 Å². The highest BCUT2D eigenvalue weighted by atomic mass is 32.2. The van der Waals surface area contributed by atoms with Crippen LogP contribution >= 0.6 is 23.1 Å². The first-order valence-corrected chi connectivity index (χ1v) is 8.29. The van der Waals surface area contributed by atoms with Crippen molar-refractivity contribution in [3.8, 4) is 10.6 Å². The van der Waals surface area contributed by atoms with Gasteiger partial charge in [0.15, 0.2) is 0 Å². The molecule has 0 spiro atoms. The van der Waals surface area contributed by atoms with Gasteiger partial charge >= 0.3 is 0 Å². The van der Waals surface area contributed by atoms with Crippen LogP contribution in [-0.4, -0.2) is 16.0 Å². The van der Waals surface area contributed by atoms with E-state index in [9.17, 15) is 0 Å². The number of anilines is 1. The van der Waals surface area contributed by atoms with Crippen LogP contribution in [0.2, 0.25) is 0 Å². The number of rotatable bonds is 3. The summed E-state index contributed by atoms with van der Waals surface area (Å²) < 4.78 is 0. The maximum Gasteiger partial charge on any atom is 0.149 e. The minimum absolute atomic E-state index is 0.660. The molecule has 0 radical (unpaired) electrons. The SMILES string of the molecule is CCCc1c(N)n[nH]c1-c1cc2c(s1)CCSC2. The van der Waals surface area contributed by atoms with E-state index in [1.165, 1.54) is 28.2 Å². The number of aromatic amines is 1. The van der Waals surface area contributed by atoms with E-state index in [1.807, 2.05) is 23.1 Å². The van der Waals surface area contributed by atoms with Crippen molar-refractivity contribution < 1.29 is 0 Å². The van der Waals surface area contributed by atoms with Gasteiger partial charge in [-0.25, -0.2) is 0 Å². The minimum Gasteiger partial charge on any atom is -0.382 e. The Morgan fingerprint density at radius 2 is 2.39 bits per heavy atom. The van der Waals surface area contributed by atoms with Gasteiger partial charge in [-0.3, -0.25) is 5.10 Å². The lowest BCUT2D eigenvalue weighted by molar-refractivity contribution is 0.927. The lowest BCUT2D eigenvalue weighted by Crippen LogP contribution is -1.96. The zero-order valence-corrected chi connectivity index (χ0v) is 12.1. The molecule has 2 aromatic heterocycles. The smallest absolute Gasteiger partial charge is 0.149 e. The van der Waals surface area contributed by atoms with Crippen LogP contribution in [-0.2, 0) is 18.6 Å². The fourth-order valence-electron chi connectivity index (χ4n) is 2.36. The number of fused-ring (bicyclic) bond motifs is 1. The molecule has 0 saturated heterocycles. The van der Waals surface area contributed by atoms with E-state index in [4.69, 9.17) is 5.73 Å². The first-order chi connectivity index (χ1) is 8.79. The number of thioether (sulfide) groups is 1. The van der Waals surface area contributed by atoms with Crippen LogP contribution in [0.3, 0.4) is 0 Å². The summed E-state index contributed by atoms with van der Waals surface area (Å²) in [7, 11) is 0. The molecule has 96 valence electrons. The molecule has 2 aromatic rings. The van der Waals surface area contributed by atoms with Crippen molar-refractivity contribution >= 4 is 28.9 Å². The van der Waals surface area contributed by atoms with Crippen molar-refractivity contribution in [3.63, 3.8) is 0 Å². The molecule has 0 aromatic carbocycles. The van der Waals surface area contributed by atoms with Gasteiger partial charge in [0.25, 0.3) is 0 Å². The van der Waals surface area contributed by atoms with Crippen LogP contribution in [0.4, 0.5) is 5.82 Å². The van der Waals surface area contributed by atoms with E-state index in [0.29, 0.717) is 5.82 Å². The normalized spacial score (nSPS) is 14.7. The Morgan fingerprint density at radius 3 is 3.17 bits per heavy atom. The van der Waals surface area contributed by atoms with Gasteiger partial charge in [-0.2, -0.15) is 16.9 Å². The third-order valence-electron chi connectivity index (χ3n) is 3.27. The minimum atomic E-state index is 0.660. The summed E-state index contributed by atoms with van der Waals surface area (Å²) in [5, 5.41) is 7.28. The Morgan fingerprint density at radius 1 is 1.50 bits per heavy atom. The molecule has 0 aliphatic carbocycles. The molecule has 3 nitrogen and oxygen atoms in total. The number of H-pyrrole nitrogens is 1. The zero-order valence-electron chi connectivity index (χ0n) is 10.5. The standard InChI is InChI=1S/C13H17N3S2/c1-2-3-9-12(15-16-13(9)14)11-6-8-7-17-5-4-10(8)18-11/h6H,2-5,7H2,1H3,(H3,14,15,16). The molecule has 3 rings (SSSR count). The second kappa shape index (κ2) is 4.97. The maximum atomic E-state index is 5.95. The molecule has 3 N–H and O–H groups in total.